The van der Waals surface area contributed by atoms with Gasteiger partial charge in [0.2, 0.25) is 28.4 Å². The summed E-state index contributed by atoms with van der Waals surface area (Å²) < 4.78 is 11.6. The molecule has 0 bridgehead atoms. The molecule has 0 atom stereocenters. The van der Waals surface area contributed by atoms with Crippen LogP contribution in [-0.2, 0) is 0 Å². The van der Waals surface area contributed by atoms with Crippen LogP contribution < -0.4 is 8.85 Å². The fourth-order valence-electron chi connectivity index (χ4n) is 1.06. The van der Waals surface area contributed by atoms with Gasteiger partial charge in [0, 0.05) is 0 Å². The molecule has 0 saturated heterocycles. The summed E-state index contributed by atoms with van der Waals surface area (Å²) in [4.78, 5) is 8.18. The van der Waals surface area contributed by atoms with Gasteiger partial charge in [-0.25, -0.2) is 9.97 Å². The molecule has 1 aromatic rings. The van der Waals surface area contributed by atoms with Gasteiger partial charge in [0.1, 0.15) is 6.33 Å². The second kappa shape index (κ2) is 4.54. The van der Waals surface area contributed by atoms with Crippen molar-refractivity contribution in [2.45, 2.75) is 39.3 Å². The molecule has 4 nitrogen and oxygen atoms in total. The van der Waals surface area contributed by atoms with E-state index in [0.717, 1.165) is 0 Å². The van der Waals surface area contributed by atoms with Crippen LogP contribution in [0.25, 0.3) is 0 Å². The van der Waals surface area contributed by atoms with E-state index in [1.54, 1.807) is 6.07 Å². The average Bonchev–Trinajstić information content (AvgIpc) is 1.96. The van der Waals surface area contributed by atoms with Gasteiger partial charge in [-0.3, -0.25) is 0 Å². The van der Waals surface area contributed by atoms with Crippen LogP contribution in [-0.4, -0.2) is 26.6 Å². The Kier molecular flexibility index (Phi) is 3.74. The maximum atomic E-state index is 5.78. The minimum absolute atomic E-state index is 0.613. The monoisotopic (exact) mass is 256 g/mol. The summed E-state index contributed by atoms with van der Waals surface area (Å²) in [5.41, 5.74) is 0. The van der Waals surface area contributed by atoms with Gasteiger partial charge in [-0.05, 0) is 39.3 Å². The van der Waals surface area contributed by atoms with Crippen molar-refractivity contribution in [1.82, 2.24) is 9.97 Å². The number of rotatable bonds is 4. The third kappa shape index (κ3) is 5.27. The van der Waals surface area contributed by atoms with Crippen LogP contribution in [0.5, 0.6) is 11.8 Å². The molecule has 0 aliphatic carbocycles. The van der Waals surface area contributed by atoms with E-state index in [9.17, 15) is 0 Å². The lowest BCUT2D eigenvalue weighted by Gasteiger charge is -2.20. The molecular formula is C10H20N2O2Si2. The lowest BCUT2D eigenvalue weighted by atomic mass is 10.6. The average molecular weight is 256 g/mol. The van der Waals surface area contributed by atoms with Crippen LogP contribution in [0.4, 0.5) is 0 Å². The van der Waals surface area contributed by atoms with Gasteiger partial charge in [-0.1, -0.05) is 0 Å². The Labute approximate surface area is 99.3 Å². The Morgan fingerprint density at radius 3 is 1.50 bits per heavy atom. The zero-order valence-electron chi connectivity index (χ0n) is 10.9. The molecule has 0 aliphatic rings. The number of hydrogen-bond acceptors (Lipinski definition) is 4. The van der Waals surface area contributed by atoms with E-state index in [1.807, 2.05) is 0 Å². The molecule has 0 saturated carbocycles. The maximum absolute atomic E-state index is 5.78. The van der Waals surface area contributed by atoms with Crippen LogP contribution in [0.1, 0.15) is 0 Å². The van der Waals surface area contributed by atoms with E-state index in [-0.39, 0.29) is 0 Å². The van der Waals surface area contributed by atoms with E-state index in [2.05, 4.69) is 49.3 Å². The third-order valence-electron chi connectivity index (χ3n) is 1.44. The highest BCUT2D eigenvalue weighted by Gasteiger charge is 2.20. The van der Waals surface area contributed by atoms with Crippen molar-refractivity contribution in [3.8, 4) is 11.8 Å². The summed E-state index contributed by atoms with van der Waals surface area (Å²) in [5.74, 6) is 1.23. The van der Waals surface area contributed by atoms with Gasteiger partial charge in [0.15, 0.2) is 0 Å². The zero-order chi connectivity index (χ0) is 12.4. The molecule has 0 aromatic carbocycles. The number of nitrogens with zero attached hydrogens (tertiary/aromatic N) is 2. The molecule has 6 heteroatoms. The van der Waals surface area contributed by atoms with Crippen LogP contribution in [0.2, 0.25) is 39.3 Å². The molecule has 0 N–H and O–H groups in total. The molecule has 1 aromatic heterocycles. The molecule has 1 rings (SSSR count). The molecule has 0 unspecified atom stereocenters. The molecule has 0 aliphatic heterocycles. The van der Waals surface area contributed by atoms with Gasteiger partial charge in [0.05, 0.1) is 6.07 Å². The predicted molar refractivity (Wildman–Crippen MR) is 70.0 cm³/mol. The molecular weight excluding hydrogens is 236 g/mol. The van der Waals surface area contributed by atoms with E-state index in [0.29, 0.717) is 11.8 Å². The van der Waals surface area contributed by atoms with Crippen molar-refractivity contribution < 1.29 is 8.85 Å². The Morgan fingerprint density at radius 2 is 1.19 bits per heavy atom. The third-order valence-corrected chi connectivity index (χ3v) is 3.08. The normalized spacial score (nSPS) is 12.4. The first-order chi connectivity index (χ1) is 7.16. The van der Waals surface area contributed by atoms with Crippen molar-refractivity contribution in [2.75, 3.05) is 0 Å². The molecule has 0 fully saturated rings. The lowest BCUT2D eigenvalue weighted by molar-refractivity contribution is 0.501. The Balaban J connectivity index is 2.79. The fourth-order valence-corrected chi connectivity index (χ4v) is 2.54. The molecule has 16 heavy (non-hydrogen) atoms. The van der Waals surface area contributed by atoms with Gasteiger partial charge in [-0.15, -0.1) is 0 Å². The largest absolute Gasteiger partial charge is 0.531 e. The van der Waals surface area contributed by atoms with E-state index in [1.165, 1.54) is 6.33 Å². The van der Waals surface area contributed by atoms with E-state index in [4.69, 9.17) is 8.85 Å². The Bertz CT molecular complexity index is 327. The van der Waals surface area contributed by atoms with Gasteiger partial charge >= 0.3 is 0 Å². The van der Waals surface area contributed by atoms with Crippen molar-refractivity contribution in [3.63, 3.8) is 0 Å². The summed E-state index contributed by atoms with van der Waals surface area (Å²) in [6, 6.07) is 1.77. The molecule has 0 radical (unpaired) electrons. The highest BCUT2D eigenvalue weighted by atomic mass is 28.4. The highest BCUT2D eigenvalue weighted by Crippen LogP contribution is 2.19. The summed E-state index contributed by atoms with van der Waals surface area (Å²) in [5, 5.41) is 0. The Morgan fingerprint density at radius 1 is 0.812 bits per heavy atom. The smallest absolute Gasteiger partial charge is 0.244 e. The Hall–Kier alpha value is -0.886. The highest BCUT2D eigenvalue weighted by molar-refractivity contribution is 6.70. The van der Waals surface area contributed by atoms with Crippen molar-refractivity contribution in [2.24, 2.45) is 0 Å². The summed E-state index contributed by atoms with van der Waals surface area (Å²) in [7, 11) is -3.23. The summed E-state index contributed by atoms with van der Waals surface area (Å²) >= 11 is 0. The van der Waals surface area contributed by atoms with Gasteiger partial charge < -0.3 is 8.85 Å². The quantitative estimate of drug-likeness (QED) is 0.777. The summed E-state index contributed by atoms with van der Waals surface area (Å²) in [6.07, 6.45) is 1.49. The number of hydrogen-bond donors (Lipinski definition) is 0. The van der Waals surface area contributed by atoms with Crippen LogP contribution >= 0.6 is 0 Å². The van der Waals surface area contributed by atoms with Crippen LogP contribution in [0.15, 0.2) is 12.4 Å². The predicted octanol–water partition coefficient (Wildman–Crippen LogP) is 2.90. The second-order valence-corrected chi connectivity index (χ2v) is 14.5. The first-order valence-electron chi connectivity index (χ1n) is 5.36. The van der Waals surface area contributed by atoms with Crippen molar-refractivity contribution in [1.29, 1.82) is 0 Å². The van der Waals surface area contributed by atoms with Crippen LogP contribution in [0.3, 0.4) is 0 Å². The topological polar surface area (TPSA) is 44.2 Å². The molecule has 1 heterocycles. The zero-order valence-corrected chi connectivity index (χ0v) is 12.9. The van der Waals surface area contributed by atoms with E-state index >= 15 is 0 Å². The molecule has 90 valence electrons. The standard InChI is InChI=1S/C10H20N2O2Si2/c1-15(2,3)13-9-7-10(12-8-11-9)14-16(4,5)6/h7-8H,1-6H3. The van der Waals surface area contributed by atoms with Crippen molar-refractivity contribution in [3.05, 3.63) is 12.4 Å². The van der Waals surface area contributed by atoms with Gasteiger partial charge in [0.25, 0.3) is 0 Å². The minimum atomic E-state index is -1.61. The minimum Gasteiger partial charge on any atom is -0.531 e. The van der Waals surface area contributed by atoms with Gasteiger partial charge in [-0.2, -0.15) is 0 Å². The second-order valence-electron chi connectivity index (χ2n) is 5.62. The lowest BCUT2D eigenvalue weighted by Crippen LogP contribution is -2.31. The van der Waals surface area contributed by atoms with E-state index < -0.39 is 16.6 Å². The number of aromatic nitrogens is 2. The molecule has 0 spiro atoms. The first kappa shape index (κ1) is 13.2. The SMILES string of the molecule is C[Si](C)(C)Oc1cc(O[Si](C)(C)C)ncn1. The fraction of sp³-hybridized carbons (Fsp3) is 0.600. The van der Waals surface area contributed by atoms with Crippen LogP contribution in [0, 0.1) is 0 Å². The van der Waals surface area contributed by atoms with Crippen molar-refractivity contribution >= 4 is 16.6 Å². The first-order valence-corrected chi connectivity index (χ1v) is 12.2. The summed E-state index contributed by atoms with van der Waals surface area (Å²) in [6.45, 7) is 12.7. The molecule has 0 amide bonds. The maximum Gasteiger partial charge on any atom is 0.244 e.